The summed E-state index contributed by atoms with van der Waals surface area (Å²) in [6.07, 6.45) is 1.81. The zero-order valence-electron chi connectivity index (χ0n) is 10.3. The lowest BCUT2D eigenvalue weighted by atomic mass is 10.2. The summed E-state index contributed by atoms with van der Waals surface area (Å²) in [6.45, 7) is 2.61. The highest BCUT2D eigenvalue weighted by Crippen LogP contribution is 2.18. The number of aryl methyl sites for hydroxylation is 1. The maximum Gasteiger partial charge on any atom is 0.124 e. The molecule has 0 atom stereocenters. The van der Waals surface area contributed by atoms with Gasteiger partial charge < -0.3 is 16.4 Å². The minimum absolute atomic E-state index is 0.455. The molecule has 0 aromatic carbocycles. The zero-order chi connectivity index (χ0) is 12.5. The Morgan fingerprint density at radius 3 is 3.00 bits per heavy atom. The number of aromatic nitrogens is 4. The van der Waals surface area contributed by atoms with Crippen LogP contribution in [0.15, 0.2) is 18.3 Å². The first kappa shape index (κ1) is 11.1. The van der Waals surface area contributed by atoms with Crippen LogP contribution in [0.3, 0.4) is 0 Å². The molecule has 1 aliphatic rings. The normalized spacial score (nSPS) is 15.6. The van der Waals surface area contributed by atoms with Gasteiger partial charge in [0.05, 0.1) is 24.5 Å². The fourth-order valence-corrected chi connectivity index (χ4v) is 2.00. The Labute approximate surface area is 105 Å². The molecule has 2 aromatic rings. The first-order valence-corrected chi connectivity index (χ1v) is 6.00. The van der Waals surface area contributed by atoms with Crippen LogP contribution in [0.1, 0.15) is 11.7 Å². The lowest BCUT2D eigenvalue weighted by molar-refractivity contribution is 0.321. The predicted molar refractivity (Wildman–Crippen MR) is 69.1 cm³/mol. The minimum atomic E-state index is 0.455. The van der Waals surface area contributed by atoms with Crippen molar-refractivity contribution in [2.75, 3.05) is 24.1 Å². The highest BCUT2D eigenvalue weighted by molar-refractivity contribution is 5.37. The van der Waals surface area contributed by atoms with Crippen LogP contribution in [0.25, 0.3) is 0 Å². The number of nitrogens with one attached hydrogen (secondary N) is 2. The van der Waals surface area contributed by atoms with Crippen molar-refractivity contribution in [1.29, 1.82) is 0 Å². The maximum absolute atomic E-state index is 5.75. The van der Waals surface area contributed by atoms with Crippen LogP contribution < -0.4 is 16.4 Å². The first-order chi connectivity index (χ1) is 8.74. The van der Waals surface area contributed by atoms with E-state index in [4.69, 9.17) is 5.73 Å². The number of nitrogen functional groups attached to an aromatic ring is 1. The third-order valence-corrected chi connectivity index (χ3v) is 3.19. The average molecular weight is 247 g/mol. The summed E-state index contributed by atoms with van der Waals surface area (Å²) in [6, 6.07) is 4.31. The number of rotatable bonds is 4. The molecule has 3 heterocycles. The van der Waals surface area contributed by atoms with Crippen LogP contribution >= 0.6 is 0 Å². The second-order valence-corrected chi connectivity index (χ2v) is 4.51. The molecule has 4 N–H and O–H groups in total. The molecule has 0 bridgehead atoms. The number of nitrogens with zero attached hydrogens (tertiary/aromatic N) is 4. The summed E-state index contributed by atoms with van der Waals surface area (Å²) in [5, 5.41) is 15.2. The van der Waals surface area contributed by atoms with E-state index >= 15 is 0 Å². The van der Waals surface area contributed by atoms with Gasteiger partial charge in [-0.3, -0.25) is 4.68 Å². The summed E-state index contributed by atoms with van der Waals surface area (Å²) in [5.41, 5.74) is 6.67. The Bertz CT molecular complexity index is 518. The summed E-state index contributed by atoms with van der Waals surface area (Å²) < 4.78 is 3.69. The molecule has 0 aliphatic carbocycles. The molecule has 1 aliphatic heterocycles. The maximum atomic E-state index is 5.75. The van der Waals surface area contributed by atoms with Gasteiger partial charge in [-0.1, -0.05) is 0 Å². The Balaban J connectivity index is 1.67. The van der Waals surface area contributed by atoms with E-state index in [1.807, 2.05) is 30.1 Å². The van der Waals surface area contributed by atoms with E-state index in [1.165, 1.54) is 0 Å². The Kier molecular flexibility index (Phi) is 2.67. The van der Waals surface area contributed by atoms with Crippen molar-refractivity contribution >= 4 is 11.6 Å². The summed E-state index contributed by atoms with van der Waals surface area (Å²) in [7, 11) is 1.84. The van der Waals surface area contributed by atoms with Crippen molar-refractivity contribution in [3.8, 4) is 0 Å². The topological polar surface area (TPSA) is 85.7 Å². The predicted octanol–water partition coefficient (Wildman–Crippen LogP) is -0.0448. The van der Waals surface area contributed by atoms with E-state index in [0.717, 1.165) is 24.6 Å². The number of hydrogen-bond donors (Lipinski definition) is 3. The first-order valence-electron chi connectivity index (χ1n) is 6.00. The Morgan fingerprint density at radius 2 is 2.39 bits per heavy atom. The zero-order valence-corrected chi connectivity index (χ0v) is 10.3. The van der Waals surface area contributed by atoms with E-state index in [9.17, 15) is 0 Å². The molecule has 1 saturated heterocycles. The van der Waals surface area contributed by atoms with Crippen molar-refractivity contribution in [2.45, 2.75) is 12.6 Å². The van der Waals surface area contributed by atoms with Crippen molar-refractivity contribution in [3.63, 3.8) is 0 Å². The Morgan fingerprint density at radius 1 is 1.56 bits per heavy atom. The molecule has 2 aromatic heterocycles. The molecule has 3 rings (SSSR count). The summed E-state index contributed by atoms with van der Waals surface area (Å²) in [4.78, 5) is 0. The van der Waals surface area contributed by atoms with Crippen molar-refractivity contribution in [3.05, 3.63) is 24.0 Å². The molecular formula is C11H17N7. The number of nitrogens with two attached hydrogens (primary N) is 1. The molecule has 96 valence electrons. The molecule has 7 nitrogen and oxygen atoms in total. The third kappa shape index (κ3) is 1.92. The highest BCUT2D eigenvalue weighted by Gasteiger charge is 2.21. The second-order valence-electron chi connectivity index (χ2n) is 4.51. The second kappa shape index (κ2) is 4.34. The quantitative estimate of drug-likeness (QED) is 0.705. The molecular weight excluding hydrogens is 230 g/mol. The molecule has 0 amide bonds. The van der Waals surface area contributed by atoms with Crippen LogP contribution in [-0.2, 0) is 13.6 Å². The molecule has 7 heteroatoms. The van der Waals surface area contributed by atoms with Gasteiger partial charge in [0, 0.05) is 32.3 Å². The van der Waals surface area contributed by atoms with E-state index in [2.05, 4.69) is 20.8 Å². The van der Waals surface area contributed by atoms with Gasteiger partial charge in [-0.05, 0) is 0 Å². The van der Waals surface area contributed by atoms with Crippen LogP contribution in [-0.4, -0.2) is 32.7 Å². The third-order valence-electron chi connectivity index (χ3n) is 3.19. The van der Waals surface area contributed by atoms with Gasteiger partial charge in [0.2, 0.25) is 0 Å². The summed E-state index contributed by atoms with van der Waals surface area (Å²) >= 11 is 0. The van der Waals surface area contributed by atoms with Gasteiger partial charge in [-0.25, -0.2) is 4.68 Å². The van der Waals surface area contributed by atoms with E-state index in [-0.39, 0.29) is 0 Å². The van der Waals surface area contributed by atoms with Crippen molar-refractivity contribution in [1.82, 2.24) is 24.9 Å². The van der Waals surface area contributed by atoms with Crippen LogP contribution in [0.4, 0.5) is 11.6 Å². The fraction of sp³-hybridized carbons (Fsp3) is 0.455. The van der Waals surface area contributed by atoms with Gasteiger partial charge in [-0.2, -0.15) is 10.2 Å². The van der Waals surface area contributed by atoms with Crippen LogP contribution in [0.5, 0.6) is 0 Å². The van der Waals surface area contributed by atoms with E-state index in [0.29, 0.717) is 18.4 Å². The van der Waals surface area contributed by atoms with Gasteiger partial charge in [0.15, 0.2) is 0 Å². The minimum Gasteiger partial charge on any atom is -0.384 e. The Hall–Kier alpha value is -2.02. The summed E-state index contributed by atoms with van der Waals surface area (Å²) in [5.74, 6) is 1.69. The standard InChI is InChI=1S/C11H17N7/c1-17-10(12)4-8(16-17)5-14-11-2-3-15-18(11)9-6-13-7-9/h2-4,9,13-14H,5-7,12H2,1H3. The van der Waals surface area contributed by atoms with Crippen molar-refractivity contribution in [2.24, 2.45) is 7.05 Å². The molecule has 1 fully saturated rings. The largest absolute Gasteiger partial charge is 0.384 e. The average Bonchev–Trinajstić information content (AvgIpc) is 2.82. The smallest absolute Gasteiger partial charge is 0.124 e. The van der Waals surface area contributed by atoms with Crippen LogP contribution in [0.2, 0.25) is 0 Å². The molecule has 0 spiro atoms. The molecule has 0 saturated carbocycles. The van der Waals surface area contributed by atoms with E-state index in [1.54, 1.807) is 4.68 Å². The SMILES string of the molecule is Cn1nc(CNc2ccnn2C2CNC2)cc1N. The number of hydrogen-bond acceptors (Lipinski definition) is 5. The fourth-order valence-electron chi connectivity index (χ4n) is 2.00. The van der Waals surface area contributed by atoms with Crippen LogP contribution in [0, 0.1) is 0 Å². The van der Waals surface area contributed by atoms with Gasteiger partial charge >= 0.3 is 0 Å². The highest BCUT2D eigenvalue weighted by atomic mass is 15.4. The van der Waals surface area contributed by atoms with Gasteiger partial charge in [0.25, 0.3) is 0 Å². The van der Waals surface area contributed by atoms with Crippen molar-refractivity contribution < 1.29 is 0 Å². The van der Waals surface area contributed by atoms with Gasteiger partial charge in [-0.15, -0.1) is 0 Å². The molecule has 0 radical (unpaired) electrons. The lowest BCUT2D eigenvalue weighted by Crippen LogP contribution is -2.44. The molecule has 18 heavy (non-hydrogen) atoms. The molecule has 0 unspecified atom stereocenters. The van der Waals surface area contributed by atoms with Gasteiger partial charge in [0.1, 0.15) is 11.6 Å². The lowest BCUT2D eigenvalue weighted by Gasteiger charge is -2.28. The number of anilines is 2. The monoisotopic (exact) mass is 247 g/mol. The van der Waals surface area contributed by atoms with E-state index < -0.39 is 0 Å².